The maximum atomic E-state index is 10.6. The average Bonchev–Trinajstić information content (AvgIpc) is 2.67. The van der Waals surface area contributed by atoms with Gasteiger partial charge in [0.25, 0.3) is 0 Å². The number of hydrogen-bond acceptors (Lipinski definition) is 4. The summed E-state index contributed by atoms with van der Waals surface area (Å²) in [5.74, 6) is 0. The number of likely N-dealkylation sites (N-methyl/N-ethyl adjacent to an activating group) is 1. The van der Waals surface area contributed by atoms with Crippen molar-refractivity contribution in [2.24, 2.45) is 5.41 Å². The molecule has 0 saturated carbocycles. The summed E-state index contributed by atoms with van der Waals surface area (Å²) in [7, 11) is 1.99. The van der Waals surface area contributed by atoms with Crippen LogP contribution < -0.4 is 0 Å². The number of aliphatic hydroxyl groups is 1. The van der Waals surface area contributed by atoms with E-state index in [1.807, 2.05) is 7.05 Å². The maximum Gasteiger partial charge on any atom is 0.113 e. The molecular formula is C11H18N2O2. The molecule has 4 heteroatoms. The van der Waals surface area contributed by atoms with E-state index in [9.17, 15) is 10.4 Å². The smallest absolute Gasteiger partial charge is 0.113 e. The van der Waals surface area contributed by atoms with Crippen LogP contribution in [0.5, 0.6) is 0 Å². The summed E-state index contributed by atoms with van der Waals surface area (Å²) in [5, 5.41) is 20.0. The third kappa shape index (κ3) is 1.65. The summed E-state index contributed by atoms with van der Waals surface area (Å²) >= 11 is 0. The minimum Gasteiger partial charge on any atom is -0.387 e. The van der Waals surface area contributed by atoms with Crippen LogP contribution in [0.25, 0.3) is 0 Å². The number of rotatable bonds is 1. The van der Waals surface area contributed by atoms with Crippen LogP contribution in [0.2, 0.25) is 0 Å². The van der Waals surface area contributed by atoms with E-state index in [1.165, 1.54) is 0 Å². The van der Waals surface area contributed by atoms with Gasteiger partial charge in [0.2, 0.25) is 0 Å². The van der Waals surface area contributed by atoms with Crippen LogP contribution in [0, 0.1) is 16.7 Å². The Bertz CT molecular complexity index is 281. The molecule has 2 saturated heterocycles. The molecule has 0 spiro atoms. The van der Waals surface area contributed by atoms with Crippen molar-refractivity contribution < 1.29 is 9.84 Å². The number of nitriles is 1. The van der Waals surface area contributed by atoms with Gasteiger partial charge in [-0.2, -0.15) is 5.26 Å². The predicted molar refractivity (Wildman–Crippen MR) is 55.2 cm³/mol. The van der Waals surface area contributed by atoms with Gasteiger partial charge in [-0.3, -0.25) is 0 Å². The van der Waals surface area contributed by atoms with Crippen LogP contribution in [0.4, 0.5) is 0 Å². The van der Waals surface area contributed by atoms with E-state index in [4.69, 9.17) is 4.74 Å². The van der Waals surface area contributed by atoms with Crippen LogP contribution in [0.15, 0.2) is 0 Å². The van der Waals surface area contributed by atoms with Gasteiger partial charge >= 0.3 is 0 Å². The van der Waals surface area contributed by atoms with Gasteiger partial charge in [-0.15, -0.1) is 0 Å². The van der Waals surface area contributed by atoms with Crippen LogP contribution in [0.3, 0.4) is 0 Å². The van der Waals surface area contributed by atoms with Crippen molar-refractivity contribution in [1.82, 2.24) is 4.90 Å². The SMILES string of the molecule is CN1CCCC(O)(C2(C#N)CCOC2)C1. The van der Waals surface area contributed by atoms with Crippen molar-refractivity contribution in [2.75, 3.05) is 33.4 Å². The van der Waals surface area contributed by atoms with Gasteiger partial charge in [-0.1, -0.05) is 0 Å². The lowest BCUT2D eigenvalue weighted by molar-refractivity contribution is -0.0994. The van der Waals surface area contributed by atoms with E-state index < -0.39 is 11.0 Å². The first-order valence-electron chi connectivity index (χ1n) is 5.52. The Labute approximate surface area is 90.4 Å². The van der Waals surface area contributed by atoms with Crippen molar-refractivity contribution in [3.63, 3.8) is 0 Å². The normalized spacial score (nSPS) is 42.7. The van der Waals surface area contributed by atoms with Crippen molar-refractivity contribution in [1.29, 1.82) is 5.26 Å². The molecule has 2 atom stereocenters. The van der Waals surface area contributed by atoms with Gasteiger partial charge in [0, 0.05) is 13.2 Å². The molecule has 0 aromatic rings. The highest BCUT2D eigenvalue weighted by Gasteiger charge is 2.54. The van der Waals surface area contributed by atoms with Crippen molar-refractivity contribution in [3.8, 4) is 6.07 Å². The molecule has 1 N–H and O–H groups in total. The van der Waals surface area contributed by atoms with Crippen molar-refractivity contribution in [2.45, 2.75) is 24.9 Å². The highest BCUT2D eigenvalue weighted by atomic mass is 16.5. The number of β-amino-alcohol motifs (C(OH)–C–C–N with tert-alkyl or cyclic N) is 1. The lowest BCUT2D eigenvalue weighted by atomic mass is 9.68. The molecule has 0 amide bonds. The molecule has 84 valence electrons. The molecular weight excluding hydrogens is 192 g/mol. The monoisotopic (exact) mass is 210 g/mol. The van der Waals surface area contributed by atoms with E-state index in [-0.39, 0.29) is 0 Å². The second-order valence-electron chi connectivity index (χ2n) is 4.87. The third-order valence-corrected chi connectivity index (χ3v) is 3.79. The fraction of sp³-hybridized carbons (Fsp3) is 0.909. The van der Waals surface area contributed by atoms with Crippen molar-refractivity contribution >= 4 is 0 Å². The van der Waals surface area contributed by atoms with E-state index in [1.54, 1.807) is 0 Å². The zero-order valence-corrected chi connectivity index (χ0v) is 9.20. The number of ether oxygens (including phenoxy) is 1. The van der Waals surface area contributed by atoms with Gasteiger partial charge in [-0.25, -0.2) is 0 Å². The van der Waals surface area contributed by atoms with Gasteiger partial charge in [0.15, 0.2) is 0 Å². The van der Waals surface area contributed by atoms with E-state index in [0.29, 0.717) is 32.6 Å². The fourth-order valence-electron chi connectivity index (χ4n) is 2.76. The molecule has 4 nitrogen and oxygen atoms in total. The van der Waals surface area contributed by atoms with E-state index in [2.05, 4.69) is 11.0 Å². The second-order valence-corrected chi connectivity index (χ2v) is 4.87. The molecule has 2 rings (SSSR count). The lowest BCUT2D eigenvalue weighted by Gasteiger charge is -2.45. The Hall–Kier alpha value is -0.630. The fourth-order valence-corrected chi connectivity index (χ4v) is 2.76. The Balaban J connectivity index is 2.22. The highest BCUT2D eigenvalue weighted by Crippen LogP contribution is 2.43. The number of likely N-dealkylation sites (tertiary alicyclic amines) is 1. The quantitative estimate of drug-likeness (QED) is 0.679. The molecule has 2 heterocycles. The Morgan fingerprint density at radius 3 is 2.80 bits per heavy atom. The first kappa shape index (κ1) is 10.9. The summed E-state index contributed by atoms with van der Waals surface area (Å²) in [6.45, 7) is 2.57. The van der Waals surface area contributed by atoms with Crippen molar-refractivity contribution in [3.05, 3.63) is 0 Å². The van der Waals surface area contributed by atoms with E-state index >= 15 is 0 Å². The summed E-state index contributed by atoms with van der Waals surface area (Å²) in [4.78, 5) is 2.10. The second kappa shape index (κ2) is 3.75. The van der Waals surface area contributed by atoms with Crippen LogP contribution in [-0.2, 0) is 4.74 Å². The predicted octanol–water partition coefficient (Wildman–Crippen LogP) is 0.373. The minimum atomic E-state index is -0.884. The molecule has 2 aliphatic heterocycles. The van der Waals surface area contributed by atoms with Gasteiger partial charge < -0.3 is 14.7 Å². The van der Waals surface area contributed by atoms with Crippen LogP contribution in [0.1, 0.15) is 19.3 Å². The molecule has 0 bridgehead atoms. The molecule has 0 aliphatic carbocycles. The number of hydrogen-bond donors (Lipinski definition) is 1. The summed E-state index contributed by atoms with van der Waals surface area (Å²) in [6.07, 6.45) is 2.33. The number of piperidine rings is 1. The Morgan fingerprint density at radius 2 is 2.27 bits per heavy atom. The molecule has 2 fully saturated rings. The molecule has 2 unspecified atom stereocenters. The van der Waals surface area contributed by atoms with Gasteiger partial charge in [-0.05, 0) is 32.9 Å². The first-order valence-corrected chi connectivity index (χ1v) is 5.52. The number of nitrogens with zero attached hydrogens (tertiary/aromatic N) is 2. The summed E-state index contributed by atoms with van der Waals surface area (Å²) in [5.41, 5.74) is -1.56. The topological polar surface area (TPSA) is 56.5 Å². The zero-order valence-electron chi connectivity index (χ0n) is 9.20. The molecule has 0 aromatic carbocycles. The molecule has 2 aliphatic rings. The summed E-state index contributed by atoms with van der Waals surface area (Å²) < 4.78 is 5.30. The first-order chi connectivity index (χ1) is 7.12. The standard InChI is InChI=1S/C11H18N2O2/c1-13-5-2-3-11(14,8-13)10(7-12)4-6-15-9-10/h14H,2-6,8-9H2,1H3. The molecule has 0 radical (unpaired) electrons. The van der Waals surface area contributed by atoms with Gasteiger partial charge in [0.05, 0.1) is 18.3 Å². The third-order valence-electron chi connectivity index (χ3n) is 3.79. The molecule has 0 aromatic heterocycles. The average molecular weight is 210 g/mol. The van der Waals surface area contributed by atoms with Crippen LogP contribution >= 0.6 is 0 Å². The van der Waals surface area contributed by atoms with E-state index in [0.717, 1.165) is 13.0 Å². The Morgan fingerprint density at radius 1 is 1.47 bits per heavy atom. The zero-order chi connectivity index (χ0) is 10.9. The largest absolute Gasteiger partial charge is 0.387 e. The van der Waals surface area contributed by atoms with Gasteiger partial charge in [0.1, 0.15) is 5.41 Å². The maximum absolute atomic E-state index is 10.6. The lowest BCUT2D eigenvalue weighted by Crippen LogP contribution is -2.57. The minimum absolute atomic E-state index is 0.383. The summed E-state index contributed by atoms with van der Waals surface area (Å²) in [6, 6.07) is 2.31. The highest BCUT2D eigenvalue weighted by molar-refractivity contribution is 5.15. The Kier molecular flexibility index (Phi) is 2.72. The molecule has 15 heavy (non-hydrogen) atoms. The van der Waals surface area contributed by atoms with Crippen LogP contribution in [-0.4, -0.2) is 49.0 Å².